The minimum Gasteiger partial charge on any atom is -0.263 e. The topological polar surface area (TPSA) is 36.1 Å². The molecule has 0 fully saturated rings. The maximum absolute atomic E-state index is 8.65. The summed E-state index contributed by atoms with van der Waals surface area (Å²) in [4.78, 5) is 4.08. The van der Waals surface area contributed by atoms with Crippen molar-refractivity contribution in [3.63, 3.8) is 0 Å². The van der Waals surface area contributed by atoms with Crippen LogP contribution < -0.4 is 0 Å². The summed E-state index contributed by atoms with van der Waals surface area (Å²) in [5.74, 6) is -0.179. The van der Waals surface area contributed by atoms with Crippen LogP contribution in [0.3, 0.4) is 0 Å². The number of aliphatic imine (C=N–C) groups is 1. The van der Waals surface area contributed by atoms with Gasteiger partial charge in [-0.15, -0.1) is 0 Å². The monoisotopic (exact) mass is 210 g/mol. The largest absolute Gasteiger partial charge is 0.263 e. The van der Waals surface area contributed by atoms with E-state index in [0.29, 0.717) is 0 Å². The second-order valence-electron chi connectivity index (χ2n) is 2.25. The summed E-state index contributed by atoms with van der Waals surface area (Å²) in [7, 11) is 0. The third kappa shape index (κ3) is 2.02. The molecule has 0 N–H and O–H groups in total. The zero-order chi connectivity index (χ0) is 8.27. The van der Waals surface area contributed by atoms with Crippen molar-refractivity contribution in [1.29, 1.82) is 5.26 Å². The Kier molecular flexibility index (Phi) is 2.61. The van der Waals surface area contributed by atoms with Crippen LogP contribution in [0.5, 0.6) is 0 Å². The molecule has 0 radical (unpaired) electrons. The molecule has 1 aliphatic rings. The fraction of sp³-hybridized carbons (Fsp3) is 0.250. The second-order valence-corrected chi connectivity index (χ2v) is 3.17. The fourth-order valence-corrected chi connectivity index (χ4v) is 1.01. The Balaban J connectivity index is 2.95. The van der Waals surface area contributed by atoms with E-state index in [1.54, 1.807) is 6.20 Å². The van der Waals surface area contributed by atoms with Crippen molar-refractivity contribution in [3.05, 3.63) is 22.8 Å². The first kappa shape index (κ1) is 8.22. The molecule has 1 heterocycles. The minimum absolute atomic E-state index is 0.179. The van der Waals surface area contributed by atoms with Gasteiger partial charge in [0.25, 0.3) is 0 Å². The Hall–Kier alpha value is -0.880. The van der Waals surface area contributed by atoms with Gasteiger partial charge in [0.15, 0.2) is 0 Å². The lowest BCUT2D eigenvalue weighted by Crippen LogP contribution is -2.03. The summed E-state index contributed by atoms with van der Waals surface area (Å²) in [6.07, 6.45) is 5.36. The average molecular weight is 211 g/mol. The van der Waals surface area contributed by atoms with Crippen LogP contribution in [-0.2, 0) is 0 Å². The van der Waals surface area contributed by atoms with Crippen LogP contribution in [0.2, 0.25) is 0 Å². The first-order valence-corrected chi connectivity index (χ1v) is 4.01. The van der Waals surface area contributed by atoms with Gasteiger partial charge in [-0.2, -0.15) is 5.26 Å². The van der Waals surface area contributed by atoms with E-state index in [1.165, 1.54) is 0 Å². The maximum atomic E-state index is 8.65. The highest BCUT2D eigenvalue weighted by atomic mass is 79.9. The number of hydrogen-bond acceptors (Lipinski definition) is 2. The van der Waals surface area contributed by atoms with Gasteiger partial charge in [0.1, 0.15) is 5.92 Å². The second kappa shape index (κ2) is 3.49. The summed E-state index contributed by atoms with van der Waals surface area (Å²) >= 11 is 3.28. The van der Waals surface area contributed by atoms with Gasteiger partial charge in [-0.3, -0.25) is 4.99 Å². The Morgan fingerprint density at radius 2 is 2.45 bits per heavy atom. The standard InChI is InChI=1S/C8H7BrN2/c1-6-7(4-10)2-3-8(9)5-11-6/h2-3,5,7H,1H3. The van der Waals surface area contributed by atoms with E-state index >= 15 is 0 Å². The van der Waals surface area contributed by atoms with Crippen LogP contribution in [0.1, 0.15) is 6.92 Å². The van der Waals surface area contributed by atoms with E-state index in [4.69, 9.17) is 5.26 Å². The Morgan fingerprint density at radius 1 is 1.73 bits per heavy atom. The Labute approximate surface area is 74.1 Å². The normalized spacial score (nSPS) is 23.2. The Morgan fingerprint density at radius 3 is 3.09 bits per heavy atom. The van der Waals surface area contributed by atoms with Gasteiger partial charge in [-0.25, -0.2) is 0 Å². The van der Waals surface area contributed by atoms with Crippen molar-refractivity contribution in [2.45, 2.75) is 6.92 Å². The third-order valence-electron chi connectivity index (χ3n) is 1.43. The van der Waals surface area contributed by atoms with Crippen LogP contribution in [0, 0.1) is 17.2 Å². The van der Waals surface area contributed by atoms with Crippen molar-refractivity contribution < 1.29 is 0 Å². The van der Waals surface area contributed by atoms with Gasteiger partial charge in [0.2, 0.25) is 0 Å². The molecule has 0 aromatic heterocycles. The lowest BCUT2D eigenvalue weighted by Gasteiger charge is -1.97. The zero-order valence-electron chi connectivity index (χ0n) is 6.08. The molecule has 0 aromatic carbocycles. The van der Waals surface area contributed by atoms with Gasteiger partial charge >= 0.3 is 0 Å². The lowest BCUT2D eigenvalue weighted by molar-refractivity contribution is 1.13. The van der Waals surface area contributed by atoms with Gasteiger partial charge in [0, 0.05) is 16.4 Å². The number of allylic oxidation sites excluding steroid dienone is 3. The fourth-order valence-electron chi connectivity index (χ4n) is 0.751. The Bertz CT molecular complexity index is 281. The van der Waals surface area contributed by atoms with E-state index in [2.05, 4.69) is 27.0 Å². The smallest absolute Gasteiger partial charge is 0.103 e. The quantitative estimate of drug-likeness (QED) is 0.605. The van der Waals surface area contributed by atoms with Crippen LogP contribution in [0.15, 0.2) is 27.8 Å². The molecule has 1 rings (SSSR count). The highest BCUT2D eigenvalue weighted by molar-refractivity contribution is 9.11. The molecule has 11 heavy (non-hydrogen) atoms. The molecule has 2 nitrogen and oxygen atoms in total. The van der Waals surface area contributed by atoms with E-state index in [1.807, 2.05) is 19.1 Å². The van der Waals surface area contributed by atoms with Crippen LogP contribution in [0.25, 0.3) is 0 Å². The predicted molar refractivity (Wildman–Crippen MR) is 48.4 cm³/mol. The third-order valence-corrected chi connectivity index (χ3v) is 1.90. The molecule has 0 bridgehead atoms. The summed E-state index contributed by atoms with van der Waals surface area (Å²) in [6, 6.07) is 2.14. The summed E-state index contributed by atoms with van der Waals surface area (Å²) < 4.78 is 0.898. The lowest BCUT2D eigenvalue weighted by atomic mass is 10.1. The molecule has 1 aliphatic heterocycles. The van der Waals surface area contributed by atoms with Crippen molar-refractivity contribution in [2.75, 3.05) is 0 Å². The highest BCUT2D eigenvalue weighted by Crippen LogP contribution is 2.14. The number of nitrogens with zero attached hydrogens (tertiary/aromatic N) is 2. The molecule has 3 heteroatoms. The number of nitriles is 1. The van der Waals surface area contributed by atoms with E-state index in [9.17, 15) is 0 Å². The van der Waals surface area contributed by atoms with Crippen LogP contribution >= 0.6 is 15.9 Å². The molecule has 0 aromatic rings. The first-order chi connectivity index (χ1) is 5.24. The maximum Gasteiger partial charge on any atom is 0.103 e. The average Bonchev–Trinajstić information content (AvgIpc) is 2.15. The van der Waals surface area contributed by atoms with E-state index in [0.717, 1.165) is 10.2 Å². The van der Waals surface area contributed by atoms with Crippen LogP contribution in [-0.4, -0.2) is 5.71 Å². The predicted octanol–water partition coefficient (Wildman–Crippen LogP) is 2.39. The molecular formula is C8H7BrN2. The molecule has 0 amide bonds. The molecular weight excluding hydrogens is 204 g/mol. The van der Waals surface area contributed by atoms with Crippen molar-refractivity contribution in [1.82, 2.24) is 0 Å². The molecule has 1 atom stereocenters. The minimum atomic E-state index is -0.179. The molecule has 0 aliphatic carbocycles. The highest BCUT2D eigenvalue weighted by Gasteiger charge is 2.07. The van der Waals surface area contributed by atoms with E-state index < -0.39 is 0 Å². The number of rotatable bonds is 0. The van der Waals surface area contributed by atoms with E-state index in [-0.39, 0.29) is 5.92 Å². The molecule has 0 saturated heterocycles. The first-order valence-electron chi connectivity index (χ1n) is 3.22. The van der Waals surface area contributed by atoms with Gasteiger partial charge in [-0.05, 0) is 28.9 Å². The zero-order valence-corrected chi connectivity index (χ0v) is 7.67. The number of halogens is 1. The molecule has 0 saturated carbocycles. The van der Waals surface area contributed by atoms with Gasteiger partial charge in [-0.1, -0.05) is 6.08 Å². The van der Waals surface area contributed by atoms with Gasteiger partial charge in [0.05, 0.1) is 6.07 Å². The number of hydrogen-bond donors (Lipinski definition) is 0. The van der Waals surface area contributed by atoms with Crippen LogP contribution in [0.4, 0.5) is 0 Å². The summed E-state index contributed by atoms with van der Waals surface area (Å²) in [5.41, 5.74) is 0.832. The molecule has 0 spiro atoms. The molecule has 1 unspecified atom stereocenters. The van der Waals surface area contributed by atoms with Crippen molar-refractivity contribution in [2.24, 2.45) is 10.9 Å². The van der Waals surface area contributed by atoms with Gasteiger partial charge < -0.3 is 0 Å². The summed E-state index contributed by atoms with van der Waals surface area (Å²) in [6.45, 7) is 1.85. The molecule has 56 valence electrons. The van der Waals surface area contributed by atoms with Crippen molar-refractivity contribution >= 4 is 21.6 Å². The van der Waals surface area contributed by atoms with Crippen molar-refractivity contribution in [3.8, 4) is 6.07 Å². The summed E-state index contributed by atoms with van der Waals surface area (Å²) in [5, 5.41) is 8.65. The SMILES string of the molecule is CC1=NC=C(Br)C=CC1C#N.